The molecule has 0 saturated heterocycles. The number of hydrogen-bond acceptors (Lipinski definition) is 2. The zero-order valence-corrected chi connectivity index (χ0v) is 19.5. The van der Waals surface area contributed by atoms with Crippen molar-refractivity contribution in [2.24, 2.45) is 10.8 Å². The lowest BCUT2D eigenvalue weighted by atomic mass is 9.90. The normalized spacial score (nSPS) is 18.0. The Morgan fingerprint density at radius 1 is 0.742 bits per heavy atom. The molecular formula is C27H40O4. The fourth-order valence-electron chi connectivity index (χ4n) is 5.18. The van der Waals surface area contributed by atoms with Crippen LogP contribution >= 0.6 is 0 Å². The minimum Gasteiger partial charge on any atom is -0.481 e. The maximum Gasteiger partial charge on any atom is 0.309 e. The van der Waals surface area contributed by atoms with Crippen molar-refractivity contribution < 1.29 is 19.8 Å². The highest BCUT2D eigenvalue weighted by atomic mass is 16.4. The van der Waals surface area contributed by atoms with Crippen molar-refractivity contribution in [3.8, 4) is 0 Å². The van der Waals surface area contributed by atoms with Crippen LogP contribution in [0.15, 0.2) is 12.1 Å². The van der Waals surface area contributed by atoms with E-state index in [0.29, 0.717) is 0 Å². The predicted octanol–water partition coefficient (Wildman–Crippen LogP) is 6.63. The van der Waals surface area contributed by atoms with E-state index < -0.39 is 11.9 Å². The Kier molecular flexibility index (Phi) is 7.82. The Morgan fingerprint density at radius 3 is 1.74 bits per heavy atom. The van der Waals surface area contributed by atoms with Crippen molar-refractivity contribution in [3.63, 3.8) is 0 Å². The van der Waals surface area contributed by atoms with Gasteiger partial charge in [-0.3, -0.25) is 9.59 Å². The van der Waals surface area contributed by atoms with Gasteiger partial charge in [-0.05, 0) is 94.7 Å². The molecule has 2 aliphatic carbocycles. The summed E-state index contributed by atoms with van der Waals surface area (Å²) in [4.78, 5) is 22.6. The molecule has 4 heteroatoms. The van der Waals surface area contributed by atoms with Gasteiger partial charge < -0.3 is 10.2 Å². The van der Waals surface area contributed by atoms with Gasteiger partial charge in [-0.25, -0.2) is 0 Å². The summed E-state index contributed by atoms with van der Waals surface area (Å²) in [6.07, 6.45) is 15.1. The molecule has 0 atom stereocenters. The molecule has 31 heavy (non-hydrogen) atoms. The van der Waals surface area contributed by atoms with Crippen LogP contribution in [-0.2, 0) is 22.4 Å². The molecule has 2 fully saturated rings. The SMILES string of the molecule is Cc1cc(C)c(CCCCCCC2(C(=O)O)CC2)c(CCCCCC2(C(=O)O)CC2)c1. The standard InChI is InChI=1S/C27H40O4/c1-20-18-21(2)23(11-7-3-4-8-12-26(14-15-26)24(28)29)22(19-20)10-6-5-9-13-27(16-17-27)25(30)31/h18-19H,3-17H2,1-2H3,(H,28,29)(H,30,31). The number of hydrogen-bond donors (Lipinski definition) is 2. The van der Waals surface area contributed by atoms with E-state index in [9.17, 15) is 19.8 Å². The second-order valence-electron chi connectivity index (χ2n) is 10.4. The molecule has 0 unspecified atom stereocenters. The summed E-state index contributed by atoms with van der Waals surface area (Å²) < 4.78 is 0. The van der Waals surface area contributed by atoms with E-state index in [1.807, 2.05) is 0 Å². The monoisotopic (exact) mass is 428 g/mol. The van der Waals surface area contributed by atoms with E-state index in [-0.39, 0.29) is 10.8 Å². The van der Waals surface area contributed by atoms with Crippen LogP contribution in [0.3, 0.4) is 0 Å². The highest BCUT2D eigenvalue weighted by molar-refractivity contribution is 5.78. The van der Waals surface area contributed by atoms with E-state index >= 15 is 0 Å². The van der Waals surface area contributed by atoms with Crippen molar-refractivity contribution in [2.45, 2.75) is 110 Å². The second-order valence-corrected chi connectivity index (χ2v) is 10.4. The molecule has 0 amide bonds. The fraction of sp³-hybridized carbons (Fsp3) is 0.704. The number of aliphatic carboxylic acids is 2. The first-order chi connectivity index (χ1) is 14.8. The maximum atomic E-state index is 11.3. The van der Waals surface area contributed by atoms with Crippen LogP contribution in [0.25, 0.3) is 0 Å². The Morgan fingerprint density at radius 2 is 1.23 bits per heavy atom. The lowest BCUT2D eigenvalue weighted by molar-refractivity contribution is -0.144. The molecule has 2 N–H and O–H groups in total. The van der Waals surface area contributed by atoms with Gasteiger partial charge in [0.15, 0.2) is 0 Å². The molecule has 0 bridgehead atoms. The van der Waals surface area contributed by atoms with Crippen molar-refractivity contribution in [3.05, 3.63) is 34.4 Å². The van der Waals surface area contributed by atoms with Gasteiger partial charge >= 0.3 is 11.9 Å². The van der Waals surface area contributed by atoms with Crippen LogP contribution in [0.4, 0.5) is 0 Å². The molecule has 172 valence electrons. The third-order valence-corrected chi connectivity index (χ3v) is 7.76. The number of carboxylic acids is 2. The molecule has 0 aliphatic heterocycles. The van der Waals surface area contributed by atoms with Crippen LogP contribution in [0.5, 0.6) is 0 Å². The number of carboxylic acid groups (broad SMARTS) is 2. The molecule has 3 rings (SSSR count). The number of rotatable bonds is 15. The zero-order valence-electron chi connectivity index (χ0n) is 19.5. The molecule has 1 aromatic rings. The van der Waals surface area contributed by atoms with Gasteiger partial charge in [-0.2, -0.15) is 0 Å². The number of unbranched alkanes of at least 4 members (excludes halogenated alkanes) is 5. The van der Waals surface area contributed by atoms with Gasteiger partial charge in [0.05, 0.1) is 10.8 Å². The van der Waals surface area contributed by atoms with E-state index in [4.69, 9.17) is 0 Å². The molecule has 0 radical (unpaired) electrons. The molecule has 2 saturated carbocycles. The third kappa shape index (κ3) is 6.33. The first-order valence-electron chi connectivity index (χ1n) is 12.3. The molecule has 2 aliphatic rings. The number of benzene rings is 1. The lowest BCUT2D eigenvalue weighted by Gasteiger charge is -2.15. The Labute approximate surface area is 187 Å². The quantitative estimate of drug-likeness (QED) is 0.307. The topological polar surface area (TPSA) is 74.6 Å². The van der Waals surface area contributed by atoms with E-state index in [1.54, 1.807) is 0 Å². The average Bonchev–Trinajstić information content (AvgIpc) is 3.61. The number of carbonyl (C=O) groups is 2. The van der Waals surface area contributed by atoms with E-state index in [2.05, 4.69) is 26.0 Å². The van der Waals surface area contributed by atoms with Crippen LogP contribution in [0.1, 0.15) is 106 Å². The summed E-state index contributed by atoms with van der Waals surface area (Å²) in [5, 5.41) is 18.6. The molecular weight excluding hydrogens is 388 g/mol. The van der Waals surface area contributed by atoms with Crippen LogP contribution in [0, 0.1) is 24.7 Å². The van der Waals surface area contributed by atoms with E-state index in [0.717, 1.165) is 89.9 Å². The third-order valence-electron chi connectivity index (χ3n) is 7.76. The highest BCUT2D eigenvalue weighted by Crippen LogP contribution is 2.50. The molecule has 0 spiro atoms. The largest absolute Gasteiger partial charge is 0.481 e. The van der Waals surface area contributed by atoms with Crippen molar-refractivity contribution in [1.82, 2.24) is 0 Å². The van der Waals surface area contributed by atoms with Gasteiger partial charge in [-0.1, -0.05) is 49.8 Å². The van der Waals surface area contributed by atoms with Crippen LogP contribution < -0.4 is 0 Å². The van der Waals surface area contributed by atoms with E-state index in [1.165, 1.54) is 28.7 Å². The van der Waals surface area contributed by atoms with Crippen LogP contribution in [-0.4, -0.2) is 22.2 Å². The Bertz CT molecular complexity index is 787. The molecule has 0 heterocycles. The van der Waals surface area contributed by atoms with Crippen molar-refractivity contribution >= 4 is 11.9 Å². The minimum atomic E-state index is -0.598. The Hall–Kier alpha value is -1.84. The Balaban J connectivity index is 1.39. The smallest absolute Gasteiger partial charge is 0.309 e. The van der Waals surface area contributed by atoms with Gasteiger partial charge in [0.1, 0.15) is 0 Å². The van der Waals surface area contributed by atoms with Gasteiger partial charge in [-0.15, -0.1) is 0 Å². The summed E-state index contributed by atoms with van der Waals surface area (Å²) >= 11 is 0. The van der Waals surface area contributed by atoms with Gasteiger partial charge in [0.25, 0.3) is 0 Å². The zero-order chi connectivity index (χ0) is 22.5. The average molecular weight is 429 g/mol. The van der Waals surface area contributed by atoms with Crippen molar-refractivity contribution in [1.29, 1.82) is 0 Å². The summed E-state index contributed by atoms with van der Waals surface area (Å²) in [6.45, 7) is 4.39. The minimum absolute atomic E-state index is 0.371. The number of aryl methyl sites for hydroxylation is 3. The van der Waals surface area contributed by atoms with Gasteiger partial charge in [0.2, 0.25) is 0 Å². The first kappa shape index (κ1) is 23.8. The first-order valence-corrected chi connectivity index (χ1v) is 12.3. The summed E-state index contributed by atoms with van der Waals surface area (Å²) in [5.41, 5.74) is 4.93. The highest BCUT2D eigenvalue weighted by Gasteiger charge is 2.49. The summed E-state index contributed by atoms with van der Waals surface area (Å²) in [6, 6.07) is 4.62. The maximum absolute atomic E-state index is 11.3. The fourth-order valence-corrected chi connectivity index (χ4v) is 5.18. The molecule has 1 aromatic carbocycles. The summed E-state index contributed by atoms with van der Waals surface area (Å²) in [5.74, 6) is -1.19. The van der Waals surface area contributed by atoms with Crippen LogP contribution in [0.2, 0.25) is 0 Å². The molecule has 0 aromatic heterocycles. The lowest BCUT2D eigenvalue weighted by Crippen LogP contribution is -2.14. The molecule has 4 nitrogen and oxygen atoms in total. The predicted molar refractivity (Wildman–Crippen MR) is 123 cm³/mol. The van der Waals surface area contributed by atoms with Gasteiger partial charge in [0, 0.05) is 0 Å². The second kappa shape index (κ2) is 10.2. The summed E-state index contributed by atoms with van der Waals surface area (Å²) in [7, 11) is 0. The van der Waals surface area contributed by atoms with Crippen molar-refractivity contribution in [2.75, 3.05) is 0 Å².